The van der Waals surface area contributed by atoms with E-state index in [4.69, 9.17) is 48.9 Å². The van der Waals surface area contributed by atoms with Gasteiger partial charge in [0.15, 0.2) is 29.1 Å². The molecule has 0 saturated carbocycles. The maximum atomic E-state index is 12.4. The van der Waals surface area contributed by atoms with E-state index in [1.165, 1.54) is 72.8 Å². The van der Waals surface area contributed by atoms with Crippen molar-refractivity contribution in [3.05, 3.63) is 218 Å². The largest absolute Gasteiger partial charge is 1.00 e. The molecule has 0 amide bonds. The molecule has 2 N–H and O–H groups in total. The number of fused-ring (bicyclic) bond motifs is 24. The van der Waals surface area contributed by atoms with Gasteiger partial charge in [0.2, 0.25) is 0 Å². The van der Waals surface area contributed by atoms with E-state index >= 15 is 0 Å². The summed E-state index contributed by atoms with van der Waals surface area (Å²) in [6.45, 7) is 0. The van der Waals surface area contributed by atoms with Gasteiger partial charge in [0.05, 0.1) is 19.6 Å². The third kappa shape index (κ3) is 13.6. The van der Waals surface area contributed by atoms with Crippen molar-refractivity contribution in [2.75, 3.05) is 0 Å². The number of rotatable bonds is 12. The first-order chi connectivity index (χ1) is 48.0. The van der Waals surface area contributed by atoms with Gasteiger partial charge in [-0.3, -0.25) is 0 Å². The van der Waals surface area contributed by atoms with Crippen LogP contribution < -0.4 is 137 Å². The minimum Gasteiger partial charge on any atom is -0.744 e. The van der Waals surface area contributed by atoms with Gasteiger partial charge in [-0.05, 0) is 121 Å². The second-order valence-electron chi connectivity index (χ2n) is 23.1. The van der Waals surface area contributed by atoms with Gasteiger partial charge in [-0.1, -0.05) is 97.1 Å². The normalized spacial score (nSPS) is 12.0. The van der Waals surface area contributed by atoms with E-state index in [1.807, 2.05) is 0 Å². The first kappa shape index (κ1) is 74.2. The minimum atomic E-state index is -4.89. The van der Waals surface area contributed by atoms with Gasteiger partial charge in [0.25, 0.3) is 0 Å². The molecule has 0 fully saturated rings. The van der Waals surface area contributed by atoms with Gasteiger partial charge in [-0.25, -0.2) is 63.6 Å². The molecule has 0 atom stereocenters. The molecule has 2 aromatic heterocycles. The van der Waals surface area contributed by atoms with Crippen molar-refractivity contribution in [3.8, 4) is 114 Å². The molecular formula is C72H38N8Na4O16S4. The summed E-state index contributed by atoms with van der Waals surface area (Å²) in [4.78, 5) is 36.1. The fourth-order valence-corrected chi connectivity index (χ4v) is 15.5. The van der Waals surface area contributed by atoms with E-state index in [0.29, 0.717) is 71.3 Å². The van der Waals surface area contributed by atoms with Crippen LogP contribution in [0.3, 0.4) is 0 Å². The summed E-state index contributed by atoms with van der Waals surface area (Å²) in [7, 11) is -19.6. The van der Waals surface area contributed by atoms with Crippen LogP contribution >= 0.6 is 0 Å². The number of nitrogens with zero attached hydrogens (tertiary/aromatic N) is 6. The molecule has 0 unspecified atom stereocenters. The van der Waals surface area contributed by atoms with Crippen molar-refractivity contribution in [1.82, 2.24) is 39.9 Å². The smallest absolute Gasteiger partial charge is 0.744 e. The molecule has 0 saturated heterocycles. The molecule has 490 valence electrons. The van der Waals surface area contributed by atoms with Crippen molar-refractivity contribution >= 4 is 106 Å². The zero-order chi connectivity index (χ0) is 68.7. The van der Waals surface area contributed by atoms with Crippen LogP contribution in [-0.4, -0.2) is 91.8 Å². The maximum Gasteiger partial charge on any atom is 1.00 e. The molecular weight excluding hydrogens is 1450 g/mol. The van der Waals surface area contributed by atoms with Crippen molar-refractivity contribution in [3.63, 3.8) is 0 Å². The number of benzene rings is 12. The average molecular weight is 1490 g/mol. The summed E-state index contributed by atoms with van der Waals surface area (Å²) < 4.78 is 175. The first-order valence-electron chi connectivity index (χ1n) is 30.0. The summed E-state index contributed by atoms with van der Waals surface area (Å²) in [5.41, 5.74) is 3.16. The third-order valence-electron chi connectivity index (χ3n) is 17.1. The summed E-state index contributed by atoms with van der Waals surface area (Å²) in [6.07, 6.45) is 0. The molecule has 8 bridgehead atoms. The molecule has 0 aliphatic carbocycles. The van der Waals surface area contributed by atoms with E-state index in [2.05, 4.69) is 9.97 Å². The van der Waals surface area contributed by atoms with Gasteiger partial charge >= 0.3 is 118 Å². The second kappa shape index (κ2) is 28.3. The molecule has 3 aliphatic heterocycles. The number of nitrogens with one attached hydrogen (secondary N) is 2. The van der Waals surface area contributed by atoms with E-state index < -0.39 is 60.1 Å². The molecule has 24 nitrogen and oxygen atoms in total. The fraction of sp³-hybridized carbons (Fsp3) is 0. The molecule has 14 aromatic rings. The Kier molecular flexibility index (Phi) is 20.2. The molecule has 5 heterocycles. The van der Waals surface area contributed by atoms with Crippen molar-refractivity contribution in [2.24, 2.45) is 0 Å². The molecule has 17 rings (SSSR count). The van der Waals surface area contributed by atoms with Crippen LogP contribution in [0.4, 0.5) is 0 Å². The topological polar surface area (TPSA) is 375 Å². The van der Waals surface area contributed by atoms with Crippen molar-refractivity contribution in [1.29, 1.82) is 0 Å². The van der Waals surface area contributed by atoms with Crippen LogP contribution in [-0.2, 0) is 40.5 Å². The number of hydrogen-bond donors (Lipinski definition) is 2. The minimum absolute atomic E-state index is 0. The molecule has 12 aromatic carbocycles. The molecule has 0 radical (unpaired) electrons. The standard InChI is InChI=1S/C72H42N8O16S4.4Na/c81-97(82,83)61-21-5-9-41-45(61)13-1-17-57(41)93-37-25-29-49-53(33-37)69-73-65(49)78-70-55-35-39(95-59-19-3-15-47-43(59)11-7-23-63(47)99(87,88)89)27-31-51(55)67(75-70)80-72-56-36-40(96-60-20-4-16-48-44(60)12-8-24-64(48)100(90,91)92)28-32-52(56)68(76-72)79-71-54-34-38(26-30-50(54)66(74-71)77-69)94-58-18-2-14-46-42(58)10-6-22-62(46)98(84,85)86;;;;/h1-36H,(H,81,82,83)(H,84,85,86)(H,87,88,89)(H,90,91,92)(H2,73,74,75,76,77,78,79,80);;;;/q;4*+1/p-4. The zero-order valence-electron chi connectivity index (χ0n) is 54.6. The molecule has 0 spiro atoms. The van der Waals surface area contributed by atoms with E-state index in [0.717, 1.165) is 0 Å². The van der Waals surface area contributed by atoms with Gasteiger partial charge in [0, 0.05) is 87.2 Å². The Morgan fingerprint density at radius 1 is 0.260 bits per heavy atom. The number of aromatic nitrogens is 8. The van der Waals surface area contributed by atoms with Gasteiger partial charge in [0.1, 0.15) is 104 Å². The Morgan fingerprint density at radius 3 is 0.913 bits per heavy atom. The quantitative estimate of drug-likeness (QED) is 0.131. The SMILES string of the molecule is O=S(=O)([O-])c1cccc2c(Oc3ccc4c(c3)-c3nc5nc(nc6[nH]c([nH]c7nc(nc-4n3)-c3cc(Oc4cccc8c(S(=O)(=O)[O-])cccc48)ccc3-7)c3cc(Oc4cccc7c(S(=O)(=O)[O-])cccc47)ccc63)-c3cc(Oc4cccc6c(S(=O)(=O)[O-])cccc46)ccc3-5)cccc12.[Na+].[Na+].[Na+].[Na+]. The summed E-state index contributed by atoms with van der Waals surface area (Å²) in [6, 6.07) is 56.3. The Morgan fingerprint density at radius 2 is 0.548 bits per heavy atom. The molecule has 104 heavy (non-hydrogen) atoms. The first-order valence-corrected chi connectivity index (χ1v) is 35.7. The van der Waals surface area contributed by atoms with E-state index in [-0.39, 0.29) is 226 Å². The van der Waals surface area contributed by atoms with E-state index in [1.54, 1.807) is 146 Å². The monoisotopic (exact) mass is 1490 g/mol. The third-order valence-corrected chi connectivity index (χ3v) is 20.7. The Balaban J connectivity index is 0.00000240. The predicted octanol–water partition coefficient (Wildman–Crippen LogP) is 2.19. The van der Waals surface area contributed by atoms with Crippen LogP contribution in [0.25, 0.3) is 133 Å². The average Bonchev–Trinajstić information content (AvgIpc) is 1.59. The van der Waals surface area contributed by atoms with Gasteiger partial charge < -0.3 is 47.1 Å². The summed E-state index contributed by atoms with van der Waals surface area (Å²) in [5.74, 6) is 2.70. The predicted molar refractivity (Wildman–Crippen MR) is 362 cm³/mol. The van der Waals surface area contributed by atoms with Crippen molar-refractivity contribution in [2.45, 2.75) is 19.6 Å². The van der Waals surface area contributed by atoms with Crippen LogP contribution in [0.2, 0.25) is 0 Å². The van der Waals surface area contributed by atoms with Crippen LogP contribution in [0, 0.1) is 0 Å². The maximum absolute atomic E-state index is 12.4. The Hall–Kier alpha value is -8.12. The zero-order valence-corrected chi connectivity index (χ0v) is 65.9. The Bertz CT molecular complexity index is 6730. The molecule has 3 aliphatic rings. The Labute approximate surface area is 678 Å². The van der Waals surface area contributed by atoms with Gasteiger partial charge in [-0.2, -0.15) is 0 Å². The number of hydrogen-bond acceptors (Lipinski definition) is 22. The summed E-state index contributed by atoms with van der Waals surface area (Å²) >= 11 is 0. The van der Waals surface area contributed by atoms with Crippen LogP contribution in [0.1, 0.15) is 0 Å². The van der Waals surface area contributed by atoms with Crippen LogP contribution in [0.5, 0.6) is 46.0 Å². The second-order valence-corrected chi connectivity index (χ2v) is 28.5. The molecule has 32 heteroatoms. The van der Waals surface area contributed by atoms with Gasteiger partial charge in [-0.15, -0.1) is 0 Å². The number of H-pyrrole nitrogens is 2. The van der Waals surface area contributed by atoms with E-state index in [9.17, 15) is 51.9 Å². The number of ether oxygens (including phenoxy) is 4. The van der Waals surface area contributed by atoms with Crippen LogP contribution in [0.15, 0.2) is 238 Å². The fourth-order valence-electron chi connectivity index (χ4n) is 12.7. The van der Waals surface area contributed by atoms with Crippen molar-refractivity contribution < 1.29 is 189 Å². The number of aromatic amines is 2. The summed E-state index contributed by atoms with van der Waals surface area (Å²) in [5, 5.41) is 2.95.